The molecular weight excluding hydrogens is 532 g/mol. The van der Waals surface area contributed by atoms with E-state index in [2.05, 4.69) is 13.0 Å². The molecule has 3 aliphatic heterocycles. The van der Waals surface area contributed by atoms with Crippen molar-refractivity contribution in [3.05, 3.63) is 24.3 Å². The van der Waals surface area contributed by atoms with E-state index in [1.165, 1.54) is 14.2 Å². The van der Waals surface area contributed by atoms with Gasteiger partial charge in [0.2, 0.25) is 0 Å². The van der Waals surface area contributed by atoms with Gasteiger partial charge in [0, 0.05) is 33.5 Å². The highest BCUT2D eigenvalue weighted by atomic mass is 16.7. The molecule has 0 aromatic carbocycles. The van der Waals surface area contributed by atoms with E-state index in [0.29, 0.717) is 38.5 Å². The molecule has 0 aliphatic carbocycles. The van der Waals surface area contributed by atoms with Gasteiger partial charge in [-0.2, -0.15) is 0 Å². The topological polar surface area (TPSA) is 133 Å². The first-order valence-corrected chi connectivity index (χ1v) is 15.1. The van der Waals surface area contributed by atoms with E-state index in [9.17, 15) is 20.1 Å². The van der Waals surface area contributed by atoms with Gasteiger partial charge in [-0.15, -0.1) is 0 Å². The summed E-state index contributed by atoms with van der Waals surface area (Å²) in [4.78, 5) is 13.2. The summed E-state index contributed by atoms with van der Waals surface area (Å²) < 4.78 is 35.3. The van der Waals surface area contributed by atoms with E-state index in [1.54, 1.807) is 6.92 Å². The van der Waals surface area contributed by atoms with Crippen LogP contribution in [0.4, 0.5) is 0 Å². The normalized spacial score (nSPS) is 43.0. The van der Waals surface area contributed by atoms with E-state index in [0.717, 1.165) is 6.42 Å². The highest BCUT2D eigenvalue weighted by molar-refractivity contribution is 5.71. The minimum absolute atomic E-state index is 0.0223. The van der Waals surface area contributed by atoms with E-state index < -0.39 is 66.4 Å². The molecule has 1 unspecified atom stereocenters. The second kappa shape index (κ2) is 15.4. The number of ether oxygens (including phenoxy) is 6. The van der Waals surface area contributed by atoms with Crippen molar-refractivity contribution in [1.82, 2.24) is 0 Å². The molecular formula is C31H52O10. The van der Waals surface area contributed by atoms with Gasteiger partial charge in [-0.3, -0.25) is 4.79 Å². The maximum absolute atomic E-state index is 13.2. The number of allylic oxidation sites excluding steroid dienone is 4. The number of methoxy groups -OCH3 is 2. The third-order valence-electron chi connectivity index (χ3n) is 8.56. The van der Waals surface area contributed by atoms with Crippen molar-refractivity contribution in [2.24, 2.45) is 5.92 Å². The lowest BCUT2D eigenvalue weighted by Crippen LogP contribution is -2.60. The average Bonchev–Trinajstić information content (AvgIpc) is 2.88. The van der Waals surface area contributed by atoms with Crippen LogP contribution in [-0.2, 0) is 33.2 Å². The molecule has 0 aromatic rings. The smallest absolute Gasteiger partial charge is 0.311 e. The second-order valence-corrected chi connectivity index (χ2v) is 12.2. The molecule has 3 heterocycles. The Morgan fingerprint density at radius 1 is 1.05 bits per heavy atom. The Hall–Kier alpha value is -1.37. The first-order valence-electron chi connectivity index (χ1n) is 15.1. The molecule has 11 atom stereocenters. The van der Waals surface area contributed by atoms with E-state index in [-0.39, 0.29) is 18.8 Å². The zero-order chi connectivity index (χ0) is 30.2. The highest BCUT2D eigenvalue weighted by Gasteiger charge is 2.49. The van der Waals surface area contributed by atoms with Crippen LogP contribution in [-0.4, -0.2) is 95.9 Å². The van der Waals surface area contributed by atoms with Gasteiger partial charge in [-0.1, -0.05) is 38.2 Å². The molecule has 10 nitrogen and oxygen atoms in total. The number of hydrogen-bond donors (Lipinski definition) is 3. The molecule has 0 spiro atoms. The summed E-state index contributed by atoms with van der Waals surface area (Å²) in [5.41, 5.74) is -0.908. The van der Waals surface area contributed by atoms with Crippen LogP contribution in [0.1, 0.15) is 85.5 Å². The Bertz CT molecular complexity index is 879. The lowest BCUT2D eigenvalue weighted by molar-refractivity contribution is -0.337. The van der Waals surface area contributed by atoms with Crippen molar-refractivity contribution in [2.75, 3.05) is 14.2 Å². The van der Waals surface area contributed by atoms with E-state index in [1.807, 2.05) is 32.1 Å². The lowest BCUT2D eigenvalue weighted by Gasteiger charge is -2.46. The molecule has 3 aliphatic rings. The largest absolute Gasteiger partial charge is 0.459 e. The molecule has 2 bridgehead atoms. The minimum Gasteiger partial charge on any atom is -0.459 e. The van der Waals surface area contributed by atoms with Gasteiger partial charge in [0.15, 0.2) is 12.1 Å². The molecule has 3 saturated heterocycles. The van der Waals surface area contributed by atoms with Crippen LogP contribution in [0.5, 0.6) is 0 Å². The molecule has 0 aromatic heterocycles. The van der Waals surface area contributed by atoms with Crippen molar-refractivity contribution < 1.29 is 48.5 Å². The van der Waals surface area contributed by atoms with Crippen LogP contribution < -0.4 is 0 Å². The minimum atomic E-state index is -1.80. The number of cyclic esters (lactones) is 1. The van der Waals surface area contributed by atoms with Gasteiger partial charge in [0.1, 0.15) is 23.9 Å². The van der Waals surface area contributed by atoms with E-state index >= 15 is 0 Å². The quantitative estimate of drug-likeness (QED) is 0.273. The number of carbonyl (C=O) groups excluding carboxylic acids is 1. The maximum Gasteiger partial charge on any atom is 0.311 e. The van der Waals surface area contributed by atoms with Crippen molar-refractivity contribution in [2.45, 2.75) is 146 Å². The monoisotopic (exact) mass is 584 g/mol. The van der Waals surface area contributed by atoms with Crippen LogP contribution in [0, 0.1) is 5.92 Å². The van der Waals surface area contributed by atoms with Gasteiger partial charge < -0.3 is 43.7 Å². The fraction of sp³-hybridized carbons (Fsp3) is 0.839. The summed E-state index contributed by atoms with van der Waals surface area (Å²) in [5, 5.41) is 33.4. The number of carbonyl (C=O) groups is 1. The van der Waals surface area contributed by atoms with Crippen molar-refractivity contribution in [1.29, 1.82) is 0 Å². The summed E-state index contributed by atoms with van der Waals surface area (Å²) in [6.07, 6.45) is 6.53. The Kier molecular flexibility index (Phi) is 12.8. The molecule has 236 valence electrons. The van der Waals surface area contributed by atoms with Gasteiger partial charge in [-0.25, -0.2) is 0 Å². The molecule has 0 amide bonds. The Labute approximate surface area is 245 Å². The predicted molar refractivity (Wildman–Crippen MR) is 152 cm³/mol. The van der Waals surface area contributed by atoms with Crippen LogP contribution >= 0.6 is 0 Å². The Morgan fingerprint density at radius 2 is 1.76 bits per heavy atom. The highest BCUT2D eigenvalue weighted by Crippen LogP contribution is 2.38. The Balaban J connectivity index is 1.75. The molecule has 3 rings (SSSR count). The second-order valence-electron chi connectivity index (χ2n) is 12.2. The third-order valence-corrected chi connectivity index (χ3v) is 8.56. The first kappa shape index (κ1) is 34.1. The zero-order valence-corrected chi connectivity index (χ0v) is 25.6. The molecule has 10 heteroatoms. The molecule has 3 N–H and O–H groups in total. The molecule has 0 saturated carbocycles. The summed E-state index contributed by atoms with van der Waals surface area (Å²) in [6.45, 7) is 7.68. The maximum atomic E-state index is 13.2. The van der Waals surface area contributed by atoms with Gasteiger partial charge in [0.25, 0.3) is 0 Å². The van der Waals surface area contributed by atoms with Crippen molar-refractivity contribution in [3.63, 3.8) is 0 Å². The fourth-order valence-corrected chi connectivity index (χ4v) is 6.20. The van der Waals surface area contributed by atoms with E-state index in [4.69, 9.17) is 28.4 Å². The summed E-state index contributed by atoms with van der Waals surface area (Å²) in [6, 6.07) is 0. The van der Waals surface area contributed by atoms with Gasteiger partial charge in [-0.05, 0) is 51.9 Å². The standard InChI is InChI=1S/C31H52O10/c1-7-8-9-10-11-12-15-30(4)18-24(32)20(2)13-14-22-16-23(17-31(35,40-22)19-25(33)41-30)39-29-28(37-6)26(34)27(36-5)21(3)38-29/h8-11,20-24,26-29,32,34-35H,7,12-19H2,1-6H3/b9-8+,11-10+/t20-,21+,22+,23-,24+,26-,27+,28-,29+,30?,31+/m1/s1. The number of hydrogen-bond acceptors (Lipinski definition) is 10. The fourth-order valence-electron chi connectivity index (χ4n) is 6.20. The lowest BCUT2D eigenvalue weighted by atomic mass is 9.84. The number of rotatable bonds is 9. The molecule has 41 heavy (non-hydrogen) atoms. The number of esters is 1. The zero-order valence-electron chi connectivity index (χ0n) is 25.6. The summed E-state index contributed by atoms with van der Waals surface area (Å²) in [7, 11) is 2.97. The summed E-state index contributed by atoms with van der Waals surface area (Å²) in [5.74, 6) is -2.47. The van der Waals surface area contributed by atoms with Crippen molar-refractivity contribution in [3.8, 4) is 0 Å². The third kappa shape index (κ3) is 9.56. The Morgan fingerprint density at radius 3 is 2.44 bits per heavy atom. The number of aliphatic hydroxyl groups is 3. The van der Waals surface area contributed by atoms with Gasteiger partial charge >= 0.3 is 5.97 Å². The first-order chi connectivity index (χ1) is 19.4. The van der Waals surface area contributed by atoms with Crippen LogP contribution in [0.15, 0.2) is 24.3 Å². The average molecular weight is 585 g/mol. The molecule has 0 radical (unpaired) electrons. The van der Waals surface area contributed by atoms with Crippen LogP contribution in [0.3, 0.4) is 0 Å². The molecule has 3 fully saturated rings. The van der Waals surface area contributed by atoms with Gasteiger partial charge in [0.05, 0.1) is 30.8 Å². The summed E-state index contributed by atoms with van der Waals surface area (Å²) >= 11 is 0. The van der Waals surface area contributed by atoms with Crippen LogP contribution in [0.2, 0.25) is 0 Å². The number of aliphatic hydroxyl groups excluding tert-OH is 2. The predicted octanol–water partition coefficient (Wildman–Crippen LogP) is 3.55. The number of fused-ring (bicyclic) bond motifs is 2. The van der Waals surface area contributed by atoms with Crippen molar-refractivity contribution >= 4 is 5.97 Å². The SMILES string of the molecule is CC/C=C/C=C/CCC1(C)C[C@H](O)[C@H](C)CC[C@H]2C[C@@H](O[C@@H]3O[C@@H](C)[C@H](OC)[C@@H](O)[C@H]3OC)C[C@@](O)(CC(=O)O1)O2. The van der Waals surface area contributed by atoms with Crippen LogP contribution in [0.25, 0.3) is 0 Å².